The SMILES string of the molecule is CCOC(=O)CN(C(=O)n1c([S+]([O-])Cc2nccc(OCC(F)(F)F)c2C)nc2ccccc21)C1CCCCC1. The first-order valence-corrected chi connectivity index (χ1v) is 14.4. The monoisotopic (exact) mass is 580 g/mol. The molecule has 216 valence electrons. The number of hydrogen-bond acceptors (Lipinski definition) is 7. The Morgan fingerprint density at radius 2 is 1.90 bits per heavy atom. The average molecular weight is 581 g/mol. The third-order valence-corrected chi connectivity index (χ3v) is 7.93. The van der Waals surface area contributed by atoms with Gasteiger partial charge in [-0.1, -0.05) is 31.4 Å². The number of carbonyl (C=O) groups is 2. The van der Waals surface area contributed by atoms with Crippen molar-refractivity contribution in [3.8, 4) is 5.75 Å². The summed E-state index contributed by atoms with van der Waals surface area (Å²) in [7, 11) is 0. The number of rotatable bonds is 9. The minimum absolute atomic E-state index is 0.0261. The van der Waals surface area contributed by atoms with E-state index in [0.29, 0.717) is 16.6 Å². The molecule has 1 unspecified atom stereocenters. The molecule has 1 aliphatic carbocycles. The maximum atomic E-state index is 14.1. The van der Waals surface area contributed by atoms with Gasteiger partial charge in [-0.2, -0.15) is 18.2 Å². The summed E-state index contributed by atoms with van der Waals surface area (Å²) in [5, 5.41) is -0.0429. The van der Waals surface area contributed by atoms with Crippen LogP contribution in [0.2, 0.25) is 0 Å². The number of ether oxygens (including phenoxy) is 2. The topological polar surface area (TPSA) is 110 Å². The van der Waals surface area contributed by atoms with E-state index in [9.17, 15) is 27.3 Å². The fraction of sp³-hybridized carbons (Fsp3) is 0.481. The Balaban J connectivity index is 1.68. The molecule has 3 aromatic rings. The molecule has 2 aromatic heterocycles. The van der Waals surface area contributed by atoms with E-state index in [1.165, 1.54) is 28.7 Å². The number of alkyl halides is 3. The molecule has 0 N–H and O–H groups in total. The Morgan fingerprint density at radius 3 is 2.60 bits per heavy atom. The van der Waals surface area contributed by atoms with Crippen LogP contribution in [0.25, 0.3) is 11.0 Å². The lowest BCUT2D eigenvalue weighted by atomic mass is 9.94. The molecule has 0 radical (unpaired) electrons. The smallest absolute Gasteiger partial charge is 0.422 e. The van der Waals surface area contributed by atoms with Crippen LogP contribution in [0.5, 0.6) is 5.75 Å². The normalized spacial score (nSPS) is 15.2. The molecule has 1 aliphatic rings. The van der Waals surface area contributed by atoms with Gasteiger partial charge >= 0.3 is 23.3 Å². The number of hydrogen-bond donors (Lipinski definition) is 0. The number of carbonyl (C=O) groups excluding carboxylic acids is 2. The molecule has 0 saturated heterocycles. The van der Waals surface area contributed by atoms with Crippen LogP contribution >= 0.6 is 0 Å². The van der Waals surface area contributed by atoms with Crippen LogP contribution in [0, 0.1) is 6.92 Å². The fourth-order valence-corrected chi connectivity index (χ4v) is 6.02. The zero-order chi connectivity index (χ0) is 28.9. The zero-order valence-corrected chi connectivity index (χ0v) is 23.1. The van der Waals surface area contributed by atoms with Gasteiger partial charge in [0.25, 0.3) is 0 Å². The highest BCUT2D eigenvalue weighted by Crippen LogP contribution is 2.29. The zero-order valence-electron chi connectivity index (χ0n) is 22.3. The minimum atomic E-state index is -4.52. The van der Waals surface area contributed by atoms with Crippen LogP contribution in [-0.2, 0) is 26.5 Å². The maximum absolute atomic E-state index is 14.1. The van der Waals surface area contributed by atoms with Gasteiger partial charge in [0.15, 0.2) is 12.4 Å². The van der Waals surface area contributed by atoms with E-state index in [1.807, 2.05) is 0 Å². The molecule has 2 heterocycles. The Labute approximate surface area is 232 Å². The van der Waals surface area contributed by atoms with Crippen molar-refractivity contribution in [3.63, 3.8) is 0 Å². The first kappa shape index (κ1) is 29.7. The summed E-state index contributed by atoms with van der Waals surface area (Å²) in [5.41, 5.74) is 1.42. The Hall–Kier alpha value is -3.32. The number of halogens is 3. The van der Waals surface area contributed by atoms with Crippen molar-refractivity contribution >= 4 is 34.2 Å². The van der Waals surface area contributed by atoms with E-state index in [0.717, 1.165) is 32.1 Å². The predicted molar refractivity (Wildman–Crippen MR) is 141 cm³/mol. The van der Waals surface area contributed by atoms with Crippen LogP contribution in [0.4, 0.5) is 18.0 Å². The summed E-state index contributed by atoms with van der Waals surface area (Å²) in [6, 6.07) is 7.41. The van der Waals surface area contributed by atoms with Gasteiger partial charge < -0.3 is 18.9 Å². The molecule has 1 saturated carbocycles. The van der Waals surface area contributed by atoms with E-state index in [1.54, 1.807) is 31.2 Å². The van der Waals surface area contributed by atoms with Crippen LogP contribution in [-0.4, -0.2) is 68.0 Å². The molecule has 0 spiro atoms. The highest BCUT2D eigenvalue weighted by molar-refractivity contribution is 7.90. The number of fused-ring (bicyclic) bond motifs is 1. The first-order valence-electron chi connectivity index (χ1n) is 13.1. The number of para-hydroxylation sites is 2. The molecule has 1 atom stereocenters. The van der Waals surface area contributed by atoms with Crippen LogP contribution < -0.4 is 4.74 Å². The Bertz CT molecular complexity index is 1340. The largest absolute Gasteiger partial charge is 0.609 e. The van der Waals surface area contributed by atoms with Crippen molar-refractivity contribution in [1.82, 2.24) is 19.4 Å². The standard InChI is InChI=1S/C27H31F3N4O5S/c1-3-38-24(35)15-33(19-9-5-4-6-10-19)26(36)34-22-12-8-7-11-20(22)32-25(34)40(37)16-21-18(2)23(13-14-31-21)39-17-27(28,29)30/h7-8,11-14,19H,3-6,9-10,15-17H2,1-2H3. The van der Waals surface area contributed by atoms with Gasteiger partial charge in [0.2, 0.25) is 0 Å². The van der Waals surface area contributed by atoms with Crippen molar-refractivity contribution in [2.45, 2.75) is 69.1 Å². The Kier molecular flexibility index (Phi) is 9.56. The lowest BCUT2D eigenvalue weighted by molar-refractivity contribution is -0.153. The Morgan fingerprint density at radius 1 is 1.18 bits per heavy atom. The van der Waals surface area contributed by atoms with Crippen LogP contribution in [0.3, 0.4) is 0 Å². The highest BCUT2D eigenvalue weighted by Gasteiger charge is 2.35. The third kappa shape index (κ3) is 7.05. The van der Waals surface area contributed by atoms with Gasteiger partial charge in [-0.3, -0.25) is 9.78 Å². The van der Waals surface area contributed by atoms with Gasteiger partial charge in [0, 0.05) is 29.0 Å². The van der Waals surface area contributed by atoms with Crippen molar-refractivity contribution in [2.24, 2.45) is 0 Å². The number of amides is 1. The van der Waals surface area contributed by atoms with E-state index in [-0.39, 0.29) is 41.5 Å². The molecule has 0 aliphatic heterocycles. The number of imidazole rings is 1. The number of aromatic nitrogens is 3. The van der Waals surface area contributed by atoms with Gasteiger partial charge in [-0.15, -0.1) is 0 Å². The summed E-state index contributed by atoms with van der Waals surface area (Å²) in [6.45, 7) is 1.67. The van der Waals surface area contributed by atoms with Gasteiger partial charge in [-0.25, -0.2) is 9.36 Å². The van der Waals surface area contributed by atoms with Crippen molar-refractivity contribution in [3.05, 3.63) is 47.8 Å². The molecule has 40 heavy (non-hydrogen) atoms. The van der Waals surface area contributed by atoms with E-state index >= 15 is 0 Å². The molecule has 0 bridgehead atoms. The predicted octanol–water partition coefficient (Wildman–Crippen LogP) is 5.15. The molecule has 1 amide bonds. The second kappa shape index (κ2) is 12.9. The third-order valence-electron chi connectivity index (χ3n) is 6.71. The van der Waals surface area contributed by atoms with E-state index in [4.69, 9.17) is 9.47 Å². The maximum Gasteiger partial charge on any atom is 0.422 e. The molecule has 9 nitrogen and oxygen atoms in total. The quantitative estimate of drug-likeness (QED) is 0.254. The molecule has 13 heteroatoms. The van der Waals surface area contributed by atoms with Gasteiger partial charge in [0.05, 0.1) is 23.3 Å². The van der Waals surface area contributed by atoms with E-state index in [2.05, 4.69) is 9.97 Å². The lowest BCUT2D eigenvalue weighted by Gasteiger charge is -2.33. The van der Waals surface area contributed by atoms with Crippen molar-refractivity contribution in [2.75, 3.05) is 19.8 Å². The highest BCUT2D eigenvalue weighted by atomic mass is 32.2. The second-order valence-corrected chi connectivity index (χ2v) is 10.8. The second-order valence-electron chi connectivity index (χ2n) is 9.50. The molecule has 1 fully saturated rings. The fourth-order valence-electron chi connectivity index (χ4n) is 4.77. The van der Waals surface area contributed by atoms with E-state index < -0.39 is 36.0 Å². The molecule has 1 aromatic carbocycles. The van der Waals surface area contributed by atoms with Gasteiger partial charge in [-0.05, 0) is 44.9 Å². The summed E-state index contributed by atoms with van der Waals surface area (Å²) >= 11 is -1.93. The number of esters is 1. The molecular formula is C27H31F3N4O5S. The minimum Gasteiger partial charge on any atom is -0.609 e. The van der Waals surface area contributed by atoms with Crippen molar-refractivity contribution in [1.29, 1.82) is 0 Å². The summed E-state index contributed by atoms with van der Waals surface area (Å²) in [5.74, 6) is -0.779. The average Bonchev–Trinajstić information content (AvgIpc) is 3.32. The van der Waals surface area contributed by atoms with Crippen LogP contribution in [0.1, 0.15) is 50.3 Å². The molecule has 4 rings (SSSR count). The number of nitrogens with zero attached hydrogens (tertiary/aromatic N) is 4. The summed E-state index contributed by atoms with van der Waals surface area (Å²) in [4.78, 5) is 36.7. The number of pyridine rings is 1. The first-order chi connectivity index (χ1) is 19.1. The van der Waals surface area contributed by atoms with Crippen LogP contribution in [0.15, 0.2) is 41.7 Å². The van der Waals surface area contributed by atoms with Gasteiger partial charge in [0.1, 0.15) is 12.3 Å². The molecular weight excluding hydrogens is 549 g/mol. The number of benzene rings is 1. The van der Waals surface area contributed by atoms with Crippen molar-refractivity contribution < 1.29 is 36.8 Å². The summed E-state index contributed by atoms with van der Waals surface area (Å²) < 4.78 is 63.1. The summed E-state index contributed by atoms with van der Waals surface area (Å²) in [6.07, 6.45) is 1.09. The lowest BCUT2D eigenvalue weighted by Crippen LogP contribution is -2.47.